The Morgan fingerprint density at radius 2 is 2.00 bits per heavy atom. The molecule has 2 saturated carbocycles. The molecule has 4 nitrogen and oxygen atoms in total. The lowest BCUT2D eigenvalue weighted by atomic mass is 9.99. The molecule has 1 spiro atoms. The molecule has 4 fully saturated rings. The fourth-order valence-corrected chi connectivity index (χ4v) is 4.38. The number of hydrogen-bond donors (Lipinski definition) is 1. The van der Waals surface area contributed by atoms with Crippen LogP contribution < -0.4 is 5.32 Å². The Labute approximate surface area is 121 Å². The van der Waals surface area contributed by atoms with Crippen molar-refractivity contribution in [1.82, 2.24) is 10.2 Å². The van der Waals surface area contributed by atoms with Gasteiger partial charge in [0.05, 0.1) is 18.3 Å². The number of rotatable bonds is 3. The molecule has 20 heavy (non-hydrogen) atoms. The lowest BCUT2D eigenvalue weighted by Gasteiger charge is -2.33. The van der Waals surface area contributed by atoms with Gasteiger partial charge in [0.15, 0.2) is 0 Å². The highest BCUT2D eigenvalue weighted by Gasteiger charge is 2.60. The van der Waals surface area contributed by atoms with Crippen molar-refractivity contribution >= 4 is 5.91 Å². The van der Waals surface area contributed by atoms with Crippen molar-refractivity contribution in [3.05, 3.63) is 0 Å². The van der Waals surface area contributed by atoms with E-state index in [0.717, 1.165) is 39.0 Å². The van der Waals surface area contributed by atoms with Crippen LogP contribution in [0.15, 0.2) is 0 Å². The molecule has 0 aromatic heterocycles. The maximum absolute atomic E-state index is 12.8. The number of ether oxygens (including phenoxy) is 1. The molecule has 0 aromatic carbocycles. The summed E-state index contributed by atoms with van der Waals surface area (Å²) in [5.41, 5.74) is -0.150. The van der Waals surface area contributed by atoms with E-state index in [0.29, 0.717) is 23.9 Å². The molecular weight excluding hydrogens is 252 g/mol. The Morgan fingerprint density at radius 3 is 2.65 bits per heavy atom. The summed E-state index contributed by atoms with van der Waals surface area (Å²) in [6.45, 7) is 2.65. The molecule has 0 radical (unpaired) electrons. The normalized spacial score (nSPS) is 37.0. The number of carbonyl (C=O) groups is 1. The van der Waals surface area contributed by atoms with Crippen molar-refractivity contribution in [3.63, 3.8) is 0 Å². The summed E-state index contributed by atoms with van der Waals surface area (Å²) < 4.78 is 5.60. The van der Waals surface area contributed by atoms with Gasteiger partial charge in [-0.2, -0.15) is 0 Å². The largest absolute Gasteiger partial charge is 0.381 e. The number of carbonyl (C=O) groups excluding carboxylic acids is 1. The third-order valence-electron chi connectivity index (χ3n) is 5.74. The zero-order valence-corrected chi connectivity index (χ0v) is 12.3. The van der Waals surface area contributed by atoms with Crippen molar-refractivity contribution in [2.24, 2.45) is 11.8 Å². The summed E-state index contributed by atoms with van der Waals surface area (Å²) in [5.74, 6) is 1.62. The summed E-state index contributed by atoms with van der Waals surface area (Å²) in [5, 5.41) is 3.71. The van der Waals surface area contributed by atoms with Crippen LogP contribution in [0.5, 0.6) is 0 Å². The lowest BCUT2D eigenvalue weighted by molar-refractivity contribution is -0.132. The molecule has 2 aliphatic carbocycles. The van der Waals surface area contributed by atoms with Crippen LogP contribution in [0.4, 0.5) is 0 Å². The second-order valence-corrected chi connectivity index (χ2v) is 7.26. The second-order valence-electron chi connectivity index (χ2n) is 7.26. The summed E-state index contributed by atoms with van der Waals surface area (Å²) in [6, 6.07) is 0. The zero-order chi connectivity index (χ0) is 13.6. The van der Waals surface area contributed by atoms with Gasteiger partial charge >= 0.3 is 0 Å². The van der Waals surface area contributed by atoms with E-state index in [1.807, 2.05) is 0 Å². The number of nitrogens with one attached hydrogen (secondary N) is 1. The third-order valence-corrected chi connectivity index (χ3v) is 5.74. The van der Waals surface area contributed by atoms with Crippen LogP contribution in [0.2, 0.25) is 0 Å². The van der Waals surface area contributed by atoms with Gasteiger partial charge in [-0.1, -0.05) is 12.8 Å². The Hall–Kier alpha value is -0.610. The molecule has 2 aliphatic heterocycles. The van der Waals surface area contributed by atoms with Crippen LogP contribution in [0.25, 0.3) is 0 Å². The molecule has 1 N–H and O–H groups in total. The van der Waals surface area contributed by atoms with Crippen LogP contribution in [0, 0.1) is 11.8 Å². The van der Waals surface area contributed by atoms with Crippen molar-refractivity contribution in [2.45, 2.75) is 63.1 Å². The quantitative estimate of drug-likeness (QED) is 0.857. The first kappa shape index (κ1) is 13.1. The smallest absolute Gasteiger partial charge is 0.244 e. The summed E-state index contributed by atoms with van der Waals surface area (Å²) in [6.07, 6.45) is 10.0. The molecule has 4 rings (SSSR count). The molecule has 4 heteroatoms. The highest BCUT2D eigenvalue weighted by Crippen LogP contribution is 2.45. The van der Waals surface area contributed by atoms with E-state index < -0.39 is 0 Å². The molecule has 2 unspecified atom stereocenters. The zero-order valence-electron chi connectivity index (χ0n) is 12.3. The van der Waals surface area contributed by atoms with E-state index in [1.165, 1.54) is 32.1 Å². The van der Waals surface area contributed by atoms with Gasteiger partial charge in [-0.25, -0.2) is 0 Å². The van der Waals surface area contributed by atoms with E-state index in [1.54, 1.807) is 0 Å². The van der Waals surface area contributed by atoms with E-state index in [-0.39, 0.29) is 5.54 Å². The van der Waals surface area contributed by atoms with Gasteiger partial charge in [0.25, 0.3) is 0 Å². The van der Waals surface area contributed by atoms with Crippen LogP contribution in [0.3, 0.4) is 0 Å². The summed E-state index contributed by atoms with van der Waals surface area (Å²) in [4.78, 5) is 14.9. The van der Waals surface area contributed by atoms with E-state index in [9.17, 15) is 4.79 Å². The van der Waals surface area contributed by atoms with Gasteiger partial charge < -0.3 is 9.64 Å². The molecule has 1 amide bonds. The number of nitrogens with zero attached hydrogens (tertiary/aromatic N) is 1. The van der Waals surface area contributed by atoms with Gasteiger partial charge in [0, 0.05) is 19.1 Å². The second kappa shape index (κ2) is 4.99. The minimum Gasteiger partial charge on any atom is -0.381 e. The van der Waals surface area contributed by atoms with Gasteiger partial charge in [-0.15, -0.1) is 0 Å². The minimum absolute atomic E-state index is 0.150. The summed E-state index contributed by atoms with van der Waals surface area (Å²) >= 11 is 0. The highest BCUT2D eigenvalue weighted by atomic mass is 16.5. The van der Waals surface area contributed by atoms with Crippen LogP contribution >= 0.6 is 0 Å². The minimum atomic E-state index is -0.150. The Kier molecular flexibility index (Phi) is 3.26. The maximum atomic E-state index is 12.8. The Bertz CT molecular complexity index is 382. The van der Waals surface area contributed by atoms with E-state index >= 15 is 0 Å². The molecule has 0 aromatic rings. The molecule has 4 aliphatic rings. The van der Waals surface area contributed by atoms with Crippen molar-refractivity contribution in [2.75, 3.05) is 19.8 Å². The Morgan fingerprint density at radius 1 is 1.20 bits per heavy atom. The monoisotopic (exact) mass is 278 g/mol. The average molecular weight is 278 g/mol. The first-order valence-corrected chi connectivity index (χ1v) is 8.45. The van der Waals surface area contributed by atoms with Gasteiger partial charge in [-0.3, -0.25) is 10.1 Å². The fourth-order valence-electron chi connectivity index (χ4n) is 4.38. The SMILES string of the molecule is O=C1N(CC2CCCOC2)C(C2CCCC2)NC12CC2. The molecule has 112 valence electrons. The van der Waals surface area contributed by atoms with Crippen LogP contribution in [-0.4, -0.2) is 42.3 Å². The molecule has 2 atom stereocenters. The third kappa shape index (κ3) is 2.17. The van der Waals surface area contributed by atoms with Crippen LogP contribution in [0.1, 0.15) is 51.4 Å². The average Bonchev–Trinajstić information content (AvgIpc) is 2.96. The molecule has 0 bridgehead atoms. The molecule has 2 saturated heterocycles. The first-order chi connectivity index (χ1) is 9.78. The predicted molar refractivity (Wildman–Crippen MR) is 76.1 cm³/mol. The molecular formula is C16H26N2O2. The van der Waals surface area contributed by atoms with Crippen molar-refractivity contribution in [3.8, 4) is 0 Å². The van der Waals surface area contributed by atoms with Gasteiger partial charge in [0.1, 0.15) is 0 Å². The Balaban J connectivity index is 1.49. The van der Waals surface area contributed by atoms with Gasteiger partial charge in [-0.05, 0) is 44.4 Å². The number of amides is 1. The maximum Gasteiger partial charge on any atom is 0.244 e. The van der Waals surface area contributed by atoms with Crippen LogP contribution in [-0.2, 0) is 9.53 Å². The van der Waals surface area contributed by atoms with Gasteiger partial charge in [0.2, 0.25) is 5.91 Å². The first-order valence-electron chi connectivity index (χ1n) is 8.45. The van der Waals surface area contributed by atoms with E-state index in [2.05, 4.69) is 10.2 Å². The van der Waals surface area contributed by atoms with Crippen molar-refractivity contribution in [1.29, 1.82) is 0 Å². The summed E-state index contributed by atoms with van der Waals surface area (Å²) in [7, 11) is 0. The topological polar surface area (TPSA) is 41.6 Å². The molecule has 2 heterocycles. The lowest BCUT2D eigenvalue weighted by Crippen LogP contribution is -2.45. The highest BCUT2D eigenvalue weighted by molar-refractivity contribution is 5.91. The standard InChI is InChI=1S/C16H26N2O2/c19-15-16(7-8-16)17-14(13-5-1-2-6-13)18(15)10-12-4-3-9-20-11-12/h12-14,17H,1-11H2. The van der Waals surface area contributed by atoms with Crippen molar-refractivity contribution < 1.29 is 9.53 Å². The number of hydrogen-bond acceptors (Lipinski definition) is 3. The fraction of sp³-hybridized carbons (Fsp3) is 0.938. The predicted octanol–water partition coefficient (Wildman–Crippen LogP) is 1.89. The van der Waals surface area contributed by atoms with E-state index in [4.69, 9.17) is 4.74 Å².